The van der Waals surface area contributed by atoms with E-state index in [-0.39, 0.29) is 23.5 Å². The first-order chi connectivity index (χ1) is 9.19. The number of amides is 2. The Morgan fingerprint density at radius 2 is 2.16 bits per heavy atom. The summed E-state index contributed by atoms with van der Waals surface area (Å²) in [7, 11) is 0. The van der Waals surface area contributed by atoms with E-state index in [4.69, 9.17) is 0 Å². The number of thioether (sulfide) groups is 1. The minimum Gasteiger partial charge on any atom is -0.356 e. The molecule has 1 aliphatic heterocycles. The van der Waals surface area contributed by atoms with Crippen molar-refractivity contribution < 1.29 is 9.59 Å². The number of hydrogen-bond acceptors (Lipinski definition) is 4. The zero-order chi connectivity index (χ0) is 13.7. The van der Waals surface area contributed by atoms with E-state index in [1.807, 2.05) is 6.92 Å². The Hall–Kier alpha value is -1.04. The number of aliphatic imine (C=N–C) groups is 1. The molecule has 0 aromatic heterocycles. The number of carbonyl (C=O) groups is 2. The molecule has 1 aliphatic carbocycles. The minimum atomic E-state index is -0.325. The lowest BCUT2D eigenvalue weighted by molar-refractivity contribution is -0.125. The van der Waals surface area contributed by atoms with Gasteiger partial charge in [0, 0.05) is 13.0 Å². The van der Waals surface area contributed by atoms with Crippen molar-refractivity contribution in [2.75, 3.05) is 6.54 Å². The second-order valence-corrected chi connectivity index (χ2v) is 6.17. The maximum Gasteiger partial charge on any atom is 0.240 e. The molecule has 1 heterocycles. The van der Waals surface area contributed by atoms with Crippen molar-refractivity contribution >= 4 is 28.7 Å². The van der Waals surface area contributed by atoms with Gasteiger partial charge in [0.15, 0.2) is 5.17 Å². The Labute approximate surface area is 118 Å². The highest BCUT2D eigenvalue weighted by Gasteiger charge is 2.32. The van der Waals surface area contributed by atoms with Gasteiger partial charge in [0.25, 0.3) is 0 Å². The maximum atomic E-state index is 11.8. The van der Waals surface area contributed by atoms with E-state index in [0.717, 1.165) is 12.8 Å². The van der Waals surface area contributed by atoms with Crippen molar-refractivity contribution in [2.24, 2.45) is 4.99 Å². The fourth-order valence-corrected chi connectivity index (χ4v) is 3.45. The van der Waals surface area contributed by atoms with E-state index in [1.165, 1.54) is 31.0 Å². The molecule has 1 saturated carbocycles. The smallest absolute Gasteiger partial charge is 0.240 e. The first-order valence-corrected chi connectivity index (χ1v) is 7.89. The van der Waals surface area contributed by atoms with Crippen LogP contribution in [0, 0.1) is 0 Å². The molecule has 5 nitrogen and oxygen atoms in total. The molecule has 2 aliphatic rings. The Morgan fingerprint density at radius 1 is 1.42 bits per heavy atom. The van der Waals surface area contributed by atoms with E-state index in [2.05, 4.69) is 15.6 Å². The highest BCUT2D eigenvalue weighted by Crippen LogP contribution is 2.26. The average molecular weight is 283 g/mol. The van der Waals surface area contributed by atoms with E-state index in [0.29, 0.717) is 17.8 Å². The number of carbonyl (C=O) groups excluding carboxylic acids is 2. The summed E-state index contributed by atoms with van der Waals surface area (Å²) in [4.78, 5) is 27.9. The molecule has 1 unspecified atom stereocenters. The molecule has 0 radical (unpaired) electrons. The number of nitrogens with one attached hydrogen (secondary N) is 2. The Balaban J connectivity index is 1.87. The lowest BCUT2D eigenvalue weighted by atomic mass is 9.96. The summed E-state index contributed by atoms with van der Waals surface area (Å²) in [5.41, 5.74) is 0. The summed E-state index contributed by atoms with van der Waals surface area (Å²) in [6.45, 7) is 2.47. The molecule has 0 aromatic rings. The molecular formula is C13H21N3O2S. The maximum absolute atomic E-state index is 11.8. The zero-order valence-electron chi connectivity index (χ0n) is 11.3. The van der Waals surface area contributed by atoms with Crippen LogP contribution >= 0.6 is 11.8 Å². The molecule has 2 rings (SSSR count). The van der Waals surface area contributed by atoms with Crippen LogP contribution in [0.15, 0.2) is 4.99 Å². The second-order valence-electron chi connectivity index (χ2n) is 4.98. The van der Waals surface area contributed by atoms with Gasteiger partial charge in [0.2, 0.25) is 11.8 Å². The first-order valence-electron chi connectivity index (χ1n) is 7.01. The summed E-state index contributed by atoms with van der Waals surface area (Å²) in [6.07, 6.45) is 6.20. The van der Waals surface area contributed by atoms with Gasteiger partial charge in [0.1, 0.15) is 5.25 Å². The molecule has 0 aromatic carbocycles. The fourth-order valence-electron chi connectivity index (χ4n) is 2.41. The normalized spacial score (nSPS) is 26.5. The summed E-state index contributed by atoms with van der Waals surface area (Å²) in [5.74, 6) is -0.167. The van der Waals surface area contributed by atoms with Gasteiger partial charge in [-0.05, 0) is 19.8 Å². The highest BCUT2D eigenvalue weighted by molar-refractivity contribution is 8.15. The third-order valence-electron chi connectivity index (χ3n) is 3.40. The van der Waals surface area contributed by atoms with Gasteiger partial charge in [-0.1, -0.05) is 31.0 Å². The summed E-state index contributed by atoms with van der Waals surface area (Å²) >= 11 is 1.40. The average Bonchev–Trinajstić information content (AvgIpc) is 2.71. The van der Waals surface area contributed by atoms with Gasteiger partial charge in [-0.25, -0.2) is 0 Å². The van der Waals surface area contributed by atoms with E-state index in [9.17, 15) is 9.59 Å². The van der Waals surface area contributed by atoms with Gasteiger partial charge in [-0.2, -0.15) is 0 Å². The lowest BCUT2D eigenvalue weighted by Crippen LogP contribution is -2.31. The number of hydrogen-bond donors (Lipinski definition) is 2. The van der Waals surface area contributed by atoms with Gasteiger partial charge in [0.05, 0.1) is 6.04 Å². The fraction of sp³-hybridized carbons (Fsp3) is 0.769. The molecule has 6 heteroatoms. The minimum absolute atomic E-state index is 0.0749. The van der Waals surface area contributed by atoms with Crippen LogP contribution in [0.4, 0.5) is 0 Å². The molecule has 106 valence electrons. The van der Waals surface area contributed by atoms with E-state index >= 15 is 0 Å². The summed E-state index contributed by atoms with van der Waals surface area (Å²) in [5, 5.41) is 5.88. The van der Waals surface area contributed by atoms with Gasteiger partial charge >= 0.3 is 0 Å². The predicted octanol–water partition coefficient (Wildman–Crippen LogP) is 1.43. The molecule has 1 saturated heterocycles. The van der Waals surface area contributed by atoms with Crippen molar-refractivity contribution in [3.05, 3.63) is 0 Å². The molecule has 2 fully saturated rings. The monoisotopic (exact) mass is 283 g/mol. The Morgan fingerprint density at radius 3 is 2.84 bits per heavy atom. The molecule has 0 bridgehead atoms. The van der Waals surface area contributed by atoms with Crippen molar-refractivity contribution in [1.82, 2.24) is 10.6 Å². The number of rotatable bonds is 4. The van der Waals surface area contributed by atoms with Crippen LogP contribution in [0.2, 0.25) is 0 Å². The van der Waals surface area contributed by atoms with Crippen molar-refractivity contribution in [1.29, 1.82) is 0 Å². The van der Waals surface area contributed by atoms with Gasteiger partial charge < -0.3 is 10.6 Å². The highest BCUT2D eigenvalue weighted by atomic mass is 32.2. The van der Waals surface area contributed by atoms with Crippen LogP contribution in [0.1, 0.15) is 45.4 Å². The topological polar surface area (TPSA) is 70.6 Å². The Kier molecular flexibility index (Phi) is 5.24. The summed E-state index contributed by atoms with van der Waals surface area (Å²) < 4.78 is 0. The standard InChI is InChI=1S/C13H21N3O2S/c1-2-14-11(17)8-10-12(18)16-13(19-10)15-9-6-4-3-5-7-9/h9-10H,2-8H2,1H3,(H,14,17)(H,15,16,18). The molecule has 1 atom stereocenters. The molecular weight excluding hydrogens is 262 g/mol. The quantitative estimate of drug-likeness (QED) is 0.820. The number of nitrogens with zero attached hydrogens (tertiary/aromatic N) is 1. The van der Waals surface area contributed by atoms with Crippen molar-refractivity contribution in [3.8, 4) is 0 Å². The van der Waals surface area contributed by atoms with Crippen LogP contribution < -0.4 is 10.6 Å². The van der Waals surface area contributed by atoms with Crippen LogP contribution in [0.3, 0.4) is 0 Å². The SMILES string of the molecule is CCNC(=O)CC1SC(=NC2CCCCC2)NC1=O. The second kappa shape index (κ2) is 6.93. The third kappa shape index (κ3) is 4.23. The third-order valence-corrected chi connectivity index (χ3v) is 4.49. The van der Waals surface area contributed by atoms with Crippen molar-refractivity contribution in [2.45, 2.75) is 56.7 Å². The van der Waals surface area contributed by atoms with Crippen LogP contribution in [0.5, 0.6) is 0 Å². The molecule has 19 heavy (non-hydrogen) atoms. The molecule has 0 spiro atoms. The van der Waals surface area contributed by atoms with Gasteiger partial charge in [-0.3, -0.25) is 14.6 Å². The largest absolute Gasteiger partial charge is 0.356 e. The zero-order valence-corrected chi connectivity index (χ0v) is 12.1. The predicted molar refractivity (Wildman–Crippen MR) is 77.1 cm³/mol. The molecule has 2 N–H and O–H groups in total. The van der Waals surface area contributed by atoms with Gasteiger partial charge in [-0.15, -0.1) is 0 Å². The number of amidine groups is 1. The first kappa shape index (κ1) is 14.4. The molecule has 2 amide bonds. The van der Waals surface area contributed by atoms with E-state index < -0.39 is 0 Å². The Bertz CT molecular complexity index is 378. The van der Waals surface area contributed by atoms with E-state index in [1.54, 1.807) is 0 Å². The van der Waals surface area contributed by atoms with Crippen molar-refractivity contribution in [3.63, 3.8) is 0 Å². The van der Waals surface area contributed by atoms with Crippen LogP contribution in [-0.2, 0) is 9.59 Å². The summed E-state index contributed by atoms with van der Waals surface area (Å²) in [6, 6.07) is 0.347. The lowest BCUT2D eigenvalue weighted by Gasteiger charge is -2.17. The van der Waals surface area contributed by atoms with Crippen LogP contribution in [-0.4, -0.2) is 34.8 Å². The van der Waals surface area contributed by atoms with Crippen LogP contribution in [0.25, 0.3) is 0 Å².